The fourth-order valence-corrected chi connectivity index (χ4v) is 1.53. The van der Waals surface area contributed by atoms with Crippen LogP contribution in [0.15, 0.2) is 28.8 Å². The minimum Gasteiger partial charge on any atom is -0.320 e. The summed E-state index contributed by atoms with van der Waals surface area (Å²) in [6.07, 6.45) is 7.54. The molecular weight excluding hydrogens is 200 g/mol. The lowest BCUT2D eigenvalue weighted by Crippen LogP contribution is -2.12. The molecule has 0 fully saturated rings. The number of amidine groups is 1. The van der Waals surface area contributed by atoms with E-state index in [9.17, 15) is 0 Å². The van der Waals surface area contributed by atoms with E-state index in [1.807, 2.05) is 18.2 Å². The maximum Gasteiger partial charge on any atom is 0.427 e. The number of aliphatic imine (C=N–C) groups is 1. The van der Waals surface area contributed by atoms with Crippen molar-refractivity contribution >= 4 is 29.2 Å². The van der Waals surface area contributed by atoms with E-state index in [0.717, 1.165) is 28.5 Å². The first-order valence-electron chi connectivity index (χ1n) is 4.91. The second-order valence-electron chi connectivity index (χ2n) is 3.40. The van der Waals surface area contributed by atoms with E-state index in [1.165, 1.54) is 0 Å². The summed E-state index contributed by atoms with van der Waals surface area (Å²) in [6.45, 7) is 0.346. The summed E-state index contributed by atoms with van der Waals surface area (Å²) >= 11 is 0. The smallest absolute Gasteiger partial charge is 0.320 e. The molecule has 3 rings (SSSR count). The van der Waals surface area contributed by atoms with Crippen LogP contribution in [0.1, 0.15) is 0 Å². The van der Waals surface area contributed by atoms with Crippen molar-refractivity contribution in [2.45, 2.75) is 0 Å². The Labute approximate surface area is 92.1 Å². The minimum atomic E-state index is 0.346. The average molecular weight is 208 g/mol. The molecule has 0 aromatic carbocycles. The topological polar surface area (TPSA) is 66.6 Å². The van der Waals surface area contributed by atoms with Gasteiger partial charge in [0.1, 0.15) is 5.57 Å². The highest BCUT2D eigenvalue weighted by Crippen LogP contribution is 2.08. The van der Waals surface area contributed by atoms with E-state index >= 15 is 0 Å². The summed E-state index contributed by atoms with van der Waals surface area (Å²) in [4.78, 5) is 4.03. The van der Waals surface area contributed by atoms with Crippen LogP contribution in [-0.2, 0) is 0 Å². The number of fused-ring (bicyclic) bond motifs is 1. The Balaban J connectivity index is 1.98. The van der Waals surface area contributed by atoms with Crippen molar-refractivity contribution in [1.82, 2.24) is 9.34 Å². The minimum absolute atomic E-state index is 0.346. The highest BCUT2D eigenvalue weighted by molar-refractivity contribution is 6.55. The number of hydrogen-bond acceptors (Lipinski definition) is 2. The first-order chi connectivity index (χ1) is 7.86. The fourth-order valence-electron chi connectivity index (χ4n) is 1.53. The molecule has 0 aromatic rings. The monoisotopic (exact) mass is 208 g/mol. The third-order valence-electron chi connectivity index (χ3n) is 2.32. The van der Waals surface area contributed by atoms with Crippen LogP contribution in [-0.4, -0.2) is 35.7 Å². The van der Waals surface area contributed by atoms with Crippen LogP contribution in [0.4, 0.5) is 0 Å². The molecule has 16 heavy (non-hydrogen) atoms. The van der Waals surface area contributed by atoms with E-state index in [4.69, 9.17) is 5.73 Å². The van der Waals surface area contributed by atoms with Crippen LogP contribution in [0.3, 0.4) is 0 Å². The first-order valence-corrected chi connectivity index (χ1v) is 4.91. The van der Waals surface area contributed by atoms with Crippen LogP contribution >= 0.6 is 0 Å². The zero-order valence-electron chi connectivity index (χ0n) is 8.44. The number of allylic oxidation sites excluding steroid dienone is 3. The van der Waals surface area contributed by atoms with Gasteiger partial charge in [-0.3, -0.25) is 0 Å². The number of nitrogens with zero attached hydrogens (tertiary/aromatic N) is 3. The first kappa shape index (κ1) is 8.84. The van der Waals surface area contributed by atoms with Crippen molar-refractivity contribution in [2.24, 2.45) is 10.7 Å². The van der Waals surface area contributed by atoms with E-state index in [2.05, 4.69) is 26.2 Å². The van der Waals surface area contributed by atoms with Gasteiger partial charge in [-0.15, -0.1) is 0 Å². The van der Waals surface area contributed by atoms with Crippen LogP contribution < -0.4 is 15.1 Å². The highest BCUT2D eigenvalue weighted by atomic mass is 14.9. The molecule has 0 aromatic heterocycles. The van der Waals surface area contributed by atoms with E-state index in [0.29, 0.717) is 6.54 Å². The molecule has 3 aliphatic heterocycles. The SMILES string of the molecule is NCC#CC1=[N+]=C(C2=[N+]=C3N=CC3=C2)C=C1. The molecule has 0 saturated carbocycles. The fraction of sp³-hybridized carbons (Fsp3) is 0.0833. The van der Waals surface area contributed by atoms with Gasteiger partial charge < -0.3 is 5.73 Å². The molecule has 0 radical (unpaired) electrons. The Morgan fingerprint density at radius 3 is 2.81 bits per heavy atom. The van der Waals surface area contributed by atoms with Crippen molar-refractivity contribution in [3.8, 4) is 11.8 Å². The van der Waals surface area contributed by atoms with Gasteiger partial charge in [0.25, 0.3) is 0 Å². The Kier molecular flexibility index (Phi) is 1.83. The lowest BCUT2D eigenvalue weighted by Gasteiger charge is -1.85. The summed E-state index contributed by atoms with van der Waals surface area (Å²) in [5, 5.41) is 0. The Bertz CT molecular complexity index is 662. The quantitative estimate of drug-likeness (QED) is 0.409. The summed E-state index contributed by atoms with van der Waals surface area (Å²) in [7, 11) is 0. The van der Waals surface area contributed by atoms with Gasteiger partial charge >= 0.3 is 23.0 Å². The van der Waals surface area contributed by atoms with E-state index in [1.54, 1.807) is 6.21 Å². The molecule has 0 saturated heterocycles. The molecule has 4 heteroatoms. The van der Waals surface area contributed by atoms with E-state index in [-0.39, 0.29) is 0 Å². The molecule has 0 atom stereocenters. The summed E-state index contributed by atoms with van der Waals surface area (Å²) in [6, 6.07) is 0. The van der Waals surface area contributed by atoms with Gasteiger partial charge in [0.15, 0.2) is 6.21 Å². The largest absolute Gasteiger partial charge is 0.427 e. The van der Waals surface area contributed by atoms with Gasteiger partial charge in [0.2, 0.25) is 0 Å². The number of hydrogen-bond donors (Lipinski definition) is 1. The zero-order valence-corrected chi connectivity index (χ0v) is 8.44. The van der Waals surface area contributed by atoms with Crippen molar-refractivity contribution < 1.29 is 0 Å². The van der Waals surface area contributed by atoms with Crippen LogP contribution in [0.25, 0.3) is 0 Å². The molecule has 4 nitrogen and oxygen atoms in total. The standard InChI is InChI=1S/C12H8N4/c13-5-1-2-9-3-4-10(15-9)11-6-8-7-14-12(8)16-11/h3-4,6-7H,5,13H2/q+2. The third-order valence-corrected chi connectivity index (χ3v) is 2.32. The third kappa shape index (κ3) is 1.30. The molecule has 0 unspecified atom stereocenters. The molecule has 0 amide bonds. The van der Waals surface area contributed by atoms with Gasteiger partial charge in [0.05, 0.1) is 6.54 Å². The Morgan fingerprint density at radius 1 is 1.25 bits per heavy atom. The van der Waals surface area contributed by atoms with Gasteiger partial charge in [-0.1, -0.05) is 10.6 Å². The maximum absolute atomic E-state index is 5.30. The van der Waals surface area contributed by atoms with Crippen molar-refractivity contribution in [2.75, 3.05) is 6.54 Å². The average Bonchev–Trinajstić information content (AvgIpc) is 2.82. The maximum atomic E-state index is 5.30. The summed E-state index contributed by atoms with van der Waals surface area (Å²) in [5.74, 6) is 6.45. The molecule has 0 bridgehead atoms. The molecule has 0 aliphatic carbocycles. The predicted molar refractivity (Wildman–Crippen MR) is 66.8 cm³/mol. The van der Waals surface area contributed by atoms with Gasteiger partial charge in [-0.2, -0.15) is 4.67 Å². The normalized spacial score (nSPS) is 18.7. The molecule has 3 aliphatic rings. The molecule has 2 N–H and O–H groups in total. The zero-order chi connectivity index (χ0) is 11.0. The highest BCUT2D eigenvalue weighted by Gasteiger charge is 2.36. The molecule has 3 heterocycles. The van der Waals surface area contributed by atoms with E-state index < -0.39 is 0 Å². The Hall–Kier alpha value is -2.43. The number of rotatable bonds is 1. The summed E-state index contributed by atoms with van der Waals surface area (Å²) in [5.41, 5.74) is 8.78. The van der Waals surface area contributed by atoms with Crippen LogP contribution in [0.2, 0.25) is 0 Å². The van der Waals surface area contributed by atoms with Crippen molar-refractivity contribution in [3.05, 3.63) is 23.8 Å². The molecule has 74 valence electrons. The van der Waals surface area contributed by atoms with Crippen molar-refractivity contribution in [3.63, 3.8) is 0 Å². The van der Waals surface area contributed by atoms with Crippen molar-refractivity contribution in [1.29, 1.82) is 0 Å². The van der Waals surface area contributed by atoms with Gasteiger partial charge in [-0.05, 0) is 4.99 Å². The van der Waals surface area contributed by atoms with Gasteiger partial charge in [0, 0.05) is 24.1 Å². The summed E-state index contributed by atoms with van der Waals surface area (Å²) < 4.78 is 8.68. The number of nitrogens with two attached hydrogens (primary N) is 1. The van der Waals surface area contributed by atoms with Gasteiger partial charge in [-0.25, -0.2) is 0 Å². The van der Waals surface area contributed by atoms with Crippen LogP contribution in [0, 0.1) is 11.8 Å². The van der Waals surface area contributed by atoms with Crippen LogP contribution in [0.5, 0.6) is 0 Å². The second kappa shape index (κ2) is 3.30. The molecular formula is C12H8N4+2. The Morgan fingerprint density at radius 2 is 2.19 bits per heavy atom. The lowest BCUT2D eigenvalue weighted by molar-refractivity contribution is 1.30. The predicted octanol–water partition coefficient (Wildman–Crippen LogP) is -1.60. The molecule has 0 spiro atoms. The lowest BCUT2D eigenvalue weighted by atomic mass is 10.1. The second-order valence-corrected chi connectivity index (χ2v) is 3.40.